The normalized spacial score (nSPS) is 13.4. The molecule has 0 aromatic rings. The molecule has 0 aliphatic carbocycles. The van der Waals surface area contributed by atoms with Crippen LogP contribution in [0.4, 0.5) is 0 Å². The molecule has 0 saturated heterocycles. The molecule has 0 atom stereocenters. The Morgan fingerprint density at radius 3 is 2.57 bits per heavy atom. The van der Waals surface area contributed by atoms with Gasteiger partial charge in [0.25, 0.3) is 0 Å². The highest BCUT2D eigenvalue weighted by atomic mass is 79.9. The number of nitrogens with two attached hydrogens (primary N) is 1. The van der Waals surface area contributed by atoms with Gasteiger partial charge in [-0.3, -0.25) is 4.99 Å². The van der Waals surface area contributed by atoms with Crippen LogP contribution < -0.4 is 5.73 Å². The topological polar surface area (TPSA) is 64.7 Å². The quantitative estimate of drug-likeness (QED) is 0.477. The largest absolute Gasteiger partial charge is 0.456 e. The molecule has 2 N–H and O–H groups in total. The highest BCUT2D eigenvalue weighted by Crippen LogP contribution is 2.14. The predicted molar refractivity (Wildman–Crippen MR) is 60.4 cm³/mol. The summed E-state index contributed by atoms with van der Waals surface area (Å²) in [7, 11) is 0. The fourth-order valence-electron chi connectivity index (χ4n) is 0.559. The van der Waals surface area contributed by atoms with Crippen molar-refractivity contribution in [3.8, 4) is 0 Å². The maximum absolute atomic E-state index is 11.3. The van der Waals surface area contributed by atoms with E-state index in [4.69, 9.17) is 10.5 Å². The molecule has 0 bridgehead atoms. The Balaban J connectivity index is 4.26. The van der Waals surface area contributed by atoms with Gasteiger partial charge in [-0.2, -0.15) is 0 Å². The molecule has 0 saturated carbocycles. The molecule has 14 heavy (non-hydrogen) atoms. The van der Waals surface area contributed by atoms with Crippen molar-refractivity contribution >= 4 is 28.1 Å². The van der Waals surface area contributed by atoms with Crippen molar-refractivity contribution in [2.75, 3.05) is 6.54 Å². The van der Waals surface area contributed by atoms with E-state index >= 15 is 0 Å². The number of hydrogen-bond donors (Lipinski definition) is 1. The summed E-state index contributed by atoms with van der Waals surface area (Å²) in [4.78, 5) is 15.1. The lowest BCUT2D eigenvalue weighted by atomic mass is 10.2. The first-order valence-corrected chi connectivity index (χ1v) is 4.97. The van der Waals surface area contributed by atoms with E-state index in [0.29, 0.717) is 6.54 Å². The van der Waals surface area contributed by atoms with Gasteiger partial charge in [0, 0.05) is 19.0 Å². The van der Waals surface area contributed by atoms with Gasteiger partial charge in [-0.05, 0) is 36.7 Å². The third kappa shape index (κ3) is 6.80. The van der Waals surface area contributed by atoms with Crippen LogP contribution >= 0.6 is 15.9 Å². The van der Waals surface area contributed by atoms with Gasteiger partial charge in [-0.1, -0.05) is 0 Å². The molecule has 0 fully saturated rings. The number of rotatable bonds is 3. The molecular weight excluding hydrogens is 248 g/mol. The van der Waals surface area contributed by atoms with Gasteiger partial charge in [-0.15, -0.1) is 0 Å². The molecule has 0 aromatic carbocycles. The van der Waals surface area contributed by atoms with Gasteiger partial charge < -0.3 is 10.5 Å². The molecule has 0 amide bonds. The van der Waals surface area contributed by atoms with Crippen molar-refractivity contribution in [2.24, 2.45) is 10.7 Å². The van der Waals surface area contributed by atoms with Crippen molar-refractivity contribution in [3.05, 3.63) is 10.7 Å². The third-order valence-corrected chi connectivity index (χ3v) is 1.52. The summed E-state index contributed by atoms with van der Waals surface area (Å²) in [5, 5.41) is 0. The van der Waals surface area contributed by atoms with Crippen molar-refractivity contribution in [1.29, 1.82) is 0 Å². The van der Waals surface area contributed by atoms with Crippen molar-refractivity contribution in [2.45, 2.75) is 26.4 Å². The number of halogens is 1. The monoisotopic (exact) mass is 262 g/mol. The highest BCUT2D eigenvalue weighted by molar-refractivity contribution is 9.12. The Morgan fingerprint density at radius 2 is 2.14 bits per heavy atom. The summed E-state index contributed by atoms with van der Waals surface area (Å²) in [6.07, 6.45) is 2.85. The Kier molecular flexibility index (Phi) is 5.64. The number of nitrogens with zero attached hydrogens (tertiary/aromatic N) is 1. The minimum Gasteiger partial charge on any atom is -0.456 e. The first kappa shape index (κ1) is 13.3. The Labute approximate surface area is 92.3 Å². The molecule has 0 radical (unpaired) electrons. The van der Waals surface area contributed by atoms with E-state index < -0.39 is 11.6 Å². The van der Waals surface area contributed by atoms with Crippen LogP contribution in [0.25, 0.3) is 0 Å². The third-order valence-electron chi connectivity index (χ3n) is 0.993. The second kappa shape index (κ2) is 5.93. The first-order valence-electron chi connectivity index (χ1n) is 4.17. The van der Waals surface area contributed by atoms with Crippen LogP contribution in [-0.4, -0.2) is 24.3 Å². The van der Waals surface area contributed by atoms with Crippen LogP contribution in [0.15, 0.2) is 15.7 Å². The molecule has 80 valence electrons. The summed E-state index contributed by atoms with van der Waals surface area (Å²) >= 11 is 3.06. The molecule has 0 aliphatic rings. The molecule has 0 heterocycles. The number of aliphatic imine (C=N–C) groups is 1. The van der Waals surface area contributed by atoms with Gasteiger partial charge in [0.1, 0.15) is 10.1 Å². The molecule has 0 unspecified atom stereocenters. The molecule has 4 nitrogen and oxygen atoms in total. The van der Waals surface area contributed by atoms with Gasteiger partial charge in [0.05, 0.1) is 0 Å². The summed E-state index contributed by atoms with van der Waals surface area (Å²) in [6.45, 7) is 5.74. The smallest absolute Gasteiger partial charge is 0.347 e. The second-order valence-electron chi connectivity index (χ2n) is 3.55. The predicted octanol–water partition coefficient (Wildman–Crippen LogP) is 1.59. The number of esters is 1. The first-order chi connectivity index (χ1) is 6.37. The summed E-state index contributed by atoms with van der Waals surface area (Å²) < 4.78 is 5.35. The van der Waals surface area contributed by atoms with Crippen LogP contribution in [0.2, 0.25) is 0 Å². The number of carbonyl (C=O) groups is 1. The average Bonchev–Trinajstić information content (AvgIpc) is 2.01. The van der Waals surface area contributed by atoms with E-state index in [-0.39, 0.29) is 4.48 Å². The van der Waals surface area contributed by atoms with Crippen LogP contribution in [0.1, 0.15) is 20.8 Å². The van der Waals surface area contributed by atoms with E-state index in [0.717, 1.165) is 0 Å². The lowest BCUT2D eigenvalue weighted by Gasteiger charge is -2.18. The minimum absolute atomic E-state index is 0.275. The van der Waals surface area contributed by atoms with E-state index in [1.54, 1.807) is 20.8 Å². The lowest BCUT2D eigenvalue weighted by molar-refractivity contribution is -0.148. The molecule has 5 heteroatoms. The summed E-state index contributed by atoms with van der Waals surface area (Å²) in [5.41, 5.74) is 4.68. The zero-order valence-corrected chi connectivity index (χ0v) is 10.2. The van der Waals surface area contributed by atoms with Gasteiger partial charge in [0.15, 0.2) is 0 Å². The Bertz CT molecular complexity index is 254. The summed E-state index contributed by atoms with van der Waals surface area (Å²) in [6, 6.07) is 0. The maximum Gasteiger partial charge on any atom is 0.347 e. The highest BCUT2D eigenvalue weighted by Gasteiger charge is 2.17. The molecule has 0 aromatic heterocycles. The van der Waals surface area contributed by atoms with E-state index in [2.05, 4.69) is 20.9 Å². The van der Waals surface area contributed by atoms with E-state index in [9.17, 15) is 4.79 Å². The van der Waals surface area contributed by atoms with Crippen LogP contribution in [0, 0.1) is 0 Å². The zero-order valence-electron chi connectivity index (χ0n) is 8.58. The lowest BCUT2D eigenvalue weighted by Crippen LogP contribution is -2.23. The molecule has 0 rings (SSSR count). The number of hydrogen-bond acceptors (Lipinski definition) is 4. The van der Waals surface area contributed by atoms with Crippen LogP contribution in [0.3, 0.4) is 0 Å². The number of carbonyl (C=O) groups excluding carboxylic acids is 1. The molecule has 0 aliphatic heterocycles. The van der Waals surface area contributed by atoms with Gasteiger partial charge in [0.2, 0.25) is 0 Å². The molecular formula is C9H15BrN2O2. The average molecular weight is 263 g/mol. The number of ether oxygens (including phenoxy) is 1. The maximum atomic E-state index is 11.3. The second-order valence-corrected chi connectivity index (χ2v) is 4.40. The van der Waals surface area contributed by atoms with E-state index in [1.807, 2.05) is 0 Å². The van der Waals surface area contributed by atoms with Crippen LogP contribution in [-0.2, 0) is 9.53 Å². The minimum atomic E-state index is -0.498. The Morgan fingerprint density at radius 1 is 1.57 bits per heavy atom. The van der Waals surface area contributed by atoms with Gasteiger partial charge >= 0.3 is 5.97 Å². The fourth-order valence-corrected chi connectivity index (χ4v) is 0.758. The fraction of sp³-hybridized carbons (Fsp3) is 0.556. The van der Waals surface area contributed by atoms with Crippen LogP contribution in [0.5, 0.6) is 0 Å². The summed E-state index contributed by atoms with van der Waals surface area (Å²) in [5.74, 6) is -0.438. The Hall–Kier alpha value is -0.680. The van der Waals surface area contributed by atoms with Crippen molar-refractivity contribution in [3.63, 3.8) is 0 Å². The SMILES string of the molecule is CC(C)(C)OC(=O)C(Br)=CN=CCN. The standard InChI is InChI=1S/C9H15BrN2O2/c1-9(2,3)14-8(13)7(10)6-12-5-4-11/h5-6H,4,11H2,1-3H3. The van der Waals surface area contributed by atoms with Crippen molar-refractivity contribution < 1.29 is 9.53 Å². The zero-order chi connectivity index (χ0) is 11.2. The van der Waals surface area contributed by atoms with E-state index in [1.165, 1.54) is 12.4 Å². The molecule has 0 spiro atoms. The van der Waals surface area contributed by atoms with Gasteiger partial charge in [-0.25, -0.2) is 4.79 Å². The van der Waals surface area contributed by atoms with Crippen molar-refractivity contribution in [1.82, 2.24) is 0 Å².